The highest BCUT2D eigenvalue weighted by Gasteiger charge is 2.25. The Morgan fingerprint density at radius 1 is 1.40 bits per heavy atom. The number of amides is 1. The quantitative estimate of drug-likeness (QED) is 0.798. The van der Waals surface area contributed by atoms with Crippen LogP contribution in [0.4, 0.5) is 0 Å². The van der Waals surface area contributed by atoms with Crippen LogP contribution in [0.5, 0.6) is 0 Å². The normalized spacial score (nSPS) is 11.7. The van der Waals surface area contributed by atoms with Crippen LogP contribution in [0.25, 0.3) is 0 Å². The largest absolute Gasteiger partial charge is 0.395 e. The first-order valence-corrected chi connectivity index (χ1v) is 7.77. The van der Waals surface area contributed by atoms with Crippen molar-refractivity contribution in [1.82, 2.24) is 9.62 Å². The van der Waals surface area contributed by atoms with Crippen molar-refractivity contribution in [3.05, 3.63) is 28.2 Å². The van der Waals surface area contributed by atoms with Crippen molar-refractivity contribution in [2.75, 3.05) is 26.7 Å². The summed E-state index contributed by atoms with van der Waals surface area (Å²) in [7, 11) is -2.66. The fraction of sp³-hybridized carbons (Fsp3) is 0.364. The molecule has 0 fully saturated rings. The SMILES string of the molecule is CN(CC(=O)NCCO)S(=O)(=O)c1cc(Cl)ccc1Cl. The first-order chi connectivity index (χ1) is 9.28. The van der Waals surface area contributed by atoms with Gasteiger partial charge in [-0.2, -0.15) is 4.31 Å². The molecule has 20 heavy (non-hydrogen) atoms. The number of benzene rings is 1. The van der Waals surface area contributed by atoms with Crippen molar-refractivity contribution >= 4 is 39.1 Å². The molecule has 0 radical (unpaired) electrons. The molecule has 0 saturated carbocycles. The highest BCUT2D eigenvalue weighted by Crippen LogP contribution is 2.26. The van der Waals surface area contributed by atoms with E-state index in [1.54, 1.807) is 0 Å². The fourth-order valence-corrected chi connectivity index (χ4v) is 3.24. The fourth-order valence-electron chi connectivity index (χ4n) is 1.38. The average molecular weight is 341 g/mol. The molecule has 1 rings (SSSR count). The van der Waals surface area contributed by atoms with Crippen LogP contribution in [-0.4, -0.2) is 50.5 Å². The van der Waals surface area contributed by atoms with E-state index in [-0.39, 0.29) is 34.6 Å². The molecule has 0 saturated heterocycles. The number of likely N-dealkylation sites (N-methyl/N-ethyl adjacent to an activating group) is 1. The summed E-state index contributed by atoms with van der Waals surface area (Å²) in [4.78, 5) is 11.3. The summed E-state index contributed by atoms with van der Waals surface area (Å²) in [5.41, 5.74) is 0. The number of sulfonamides is 1. The Balaban J connectivity index is 2.93. The van der Waals surface area contributed by atoms with Crippen LogP contribution in [0.1, 0.15) is 0 Å². The molecule has 1 aromatic carbocycles. The van der Waals surface area contributed by atoms with E-state index in [9.17, 15) is 13.2 Å². The number of carbonyl (C=O) groups is 1. The van der Waals surface area contributed by atoms with Crippen LogP contribution in [0.2, 0.25) is 10.0 Å². The minimum Gasteiger partial charge on any atom is -0.395 e. The first kappa shape index (κ1) is 17.2. The summed E-state index contributed by atoms with van der Waals surface area (Å²) >= 11 is 11.6. The maximum Gasteiger partial charge on any atom is 0.244 e. The van der Waals surface area contributed by atoms with Gasteiger partial charge in [0, 0.05) is 18.6 Å². The maximum atomic E-state index is 12.3. The zero-order valence-electron chi connectivity index (χ0n) is 10.6. The van der Waals surface area contributed by atoms with Crippen molar-refractivity contribution in [2.45, 2.75) is 4.90 Å². The Bertz CT molecular complexity index is 592. The Morgan fingerprint density at radius 2 is 2.05 bits per heavy atom. The topological polar surface area (TPSA) is 86.7 Å². The number of hydrogen-bond donors (Lipinski definition) is 2. The molecular weight excluding hydrogens is 327 g/mol. The van der Waals surface area contributed by atoms with E-state index in [4.69, 9.17) is 28.3 Å². The molecule has 9 heteroatoms. The molecule has 0 atom stereocenters. The van der Waals surface area contributed by atoms with Crippen molar-refractivity contribution in [3.8, 4) is 0 Å². The molecule has 0 aromatic heterocycles. The Hall–Kier alpha value is -0.860. The van der Waals surface area contributed by atoms with Gasteiger partial charge < -0.3 is 10.4 Å². The summed E-state index contributed by atoms with van der Waals surface area (Å²) in [6.45, 7) is -0.544. The minimum absolute atomic E-state index is 0.0250. The van der Waals surface area contributed by atoms with E-state index in [0.29, 0.717) is 0 Å². The van der Waals surface area contributed by atoms with Gasteiger partial charge in [0.25, 0.3) is 0 Å². The number of carbonyl (C=O) groups excluding carboxylic acids is 1. The monoisotopic (exact) mass is 340 g/mol. The number of halogens is 2. The van der Waals surface area contributed by atoms with E-state index >= 15 is 0 Å². The molecular formula is C11H14Cl2N2O4S. The zero-order valence-corrected chi connectivity index (χ0v) is 13.0. The van der Waals surface area contributed by atoms with Crippen LogP contribution >= 0.6 is 23.2 Å². The van der Waals surface area contributed by atoms with Gasteiger partial charge in [0.05, 0.1) is 18.2 Å². The molecule has 0 heterocycles. The van der Waals surface area contributed by atoms with Gasteiger partial charge >= 0.3 is 0 Å². The molecule has 0 aliphatic carbocycles. The van der Waals surface area contributed by atoms with Gasteiger partial charge in [-0.1, -0.05) is 23.2 Å². The molecule has 0 spiro atoms. The lowest BCUT2D eigenvalue weighted by Crippen LogP contribution is -2.39. The second-order valence-electron chi connectivity index (χ2n) is 3.91. The number of rotatable bonds is 6. The number of nitrogens with zero attached hydrogens (tertiary/aromatic N) is 1. The molecule has 1 aromatic rings. The van der Waals surface area contributed by atoms with Crippen molar-refractivity contribution in [3.63, 3.8) is 0 Å². The molecule has 1 amide bonds. The Labute approximate surface area is 127 Å². The highest BCUT2D eigenvalue weighted by atomic mass is 35.5. The third-order valence-corrected chi connectivity index (χ3v) is 4.90. The Morgan fingerprint density at radius 3 is 2.65 bits per heavy atom. The van der Waals surface area contributed by atoms with Crippen LogP contribution in [0.3, 0.4) is 0 Å². The number of hydrogen-bond acceptors (Lipinski definition) is 4. The number of aliphatic hydroxyl groups excluding tert-OH is 1. The lowest BCUT2D eigenvalue weighted by molar-refractivity contribution is -0.121. The number of aliphatic hydroxyl groups is 1. The van der Waals surface area contributed by atoms with Gasteiger partial charge in [-0.05, 0) is 18.2 Å². The average Bonchev–Trinajstić information content (AvgIpc) is 2.38. The van der Waals surface area contributed by atoms with Gasteiger partial charge in [0.2, 0.25) is 15.9 Å². The van der Waals surface area contributed by atoms with Crippen LogP contribution in [-0.2, 0) is 14.8 Å². The van der Waals surface area contributed by atoms with Crippen molar-refractivity contribution < 1.29 is 18.3 Å². The van der Waals surface area contributed by atoms with Crippen LogP contribution in [0, 0.1) is 0 Å². The second-order valence-corrected chi connectivity index (χ2v) is 6.77. The van der Waals surface area contributed by atoms with Crippen LogP contribution < -0.4 is 5.32 Å². The third-order valence-electron chi connectivity index (χ3n) is 2.38. The van der Waals surface area contributed by atoms with Gasteiger partial charge in [0.15, 0.2) is 0 Å². The highest BCUT2D eigenvalue weighted by molar-refractivity contribution is 7.89. The van der Waals surface area contributed by atoms with Crippen LogP contribution in [0.15, 0.2) is 23.1 Å². The van der Waals surface area contributed by atoms with E-state index < -0.39 is 15.9 Å². The van der Waals surface area contributed by atoms with Gasteiger partial charge in [0.1, 0.15) is 4.90 Å². The molecule has 0 aliphatic heterocycles. The molecule has 0 bridgehead atoms. The summed E-state index contributed by atoms with van der Waals surface area (Å²) in [6.07, 6.45) is 0. The first-order valence-electron chi connectivity index (χ1n) is 5.58. The van der Waals surface area contributed by atoms with Gasteiger partial charge in [-0.3, -0.25) is 4.79 Å². The van der Waals surface area contributed by atoms with E-state index in [2.05, 4.69) is 5.32 Å². The minimum atomic E-state index is -3.92. The molecule has 0 aliphatic rings. The summed E-state index contributed by atoms with van der Waals surface area (Å²) in [5.74, 6) is -0.525. The molecule has 112 valence electrons. The molecule has 0 unspecified atom stereocenters. The van der Waals surface area contributed by atoms with E-state index in [1.807, 2.05) is 0 Å². The lowest BCUT2D eigenvalue weighted by atomic mass is 10.4. The van der Waals surface area contributed by atoms with Crippen molar-refractivity contribution in [2.24, 2.45) is 0 Å². The summed E-state index contributed by atoms with van der Waals surface area (Å²) < 4.78 is 25.4. The zero-order chi connectivity index (χ0) is 15.3. The van der Waals surface area contributed by atoms with E-state index in [1.165, 1.54) is 25.2 Å². The van der Waals surface area contributed by atoms with Gasteiger partial charge in [-0.15, -0.1) is 0 Å². The van der Waals surface area contributed by atoms with E-state index in [0.717, 1.165) is 4.31 Å². The maximum absolute atomic E-state index is 12.3. The predicted octanol–water partition coefficient (Wildman–Crippen LogP) is 0.722. The lowest BCUT2D eigenvalue weighted by Gasteiger charge is -2.17. The molecule has 6 nitrogen and oxygen atoms in total. The molecule has 2 N–H and O–H groups in total. The van der Waals surface area contributed by atoms with Gasteiger partial charge in [-0.25, -0.2) is 8.42 Å². The number of nitrogens with one attached hydrogen (secondary N) is 1. The third kappa shape index (κ3) is 4.32. The Kier molecular flexibility index (Phi) is 6.22. The standard InChI is InChI=1S/C11H14Cl2N2O4S/c1-15(7-11(17)14-4-5-16)20(18,19)10-6-8(12)2-3-9(10)13/h2-3,6,16H,4-5,7H2,1H3,(H,14,17). The second kappa shape index (κ2) is 7.24. The smallest absolute Gasteiger partial charge is 0.244 e. The van der Waals surface area contributed by atoms with Crippen molar-refractivity contribution in [1.29, 1.82) is 0 Å². The predicted molar refractivity (Wildman–Crippen MR) is 76.4 cm³/mol. The summed E-state index contributed by atoms with van der Waals surface area (Å²) in [6, 6.07) is 4.06. The summed E-state index contributed by atoms with van der Waals surface area (Å²) in [5, 5.41) is 11.2.